The molecule has 2 N–H and O–H groups in total. The van der Waals surface area contributed by atoms with E-state index in [0.29, 0.717) is 12.5 Å². The quantitative estimate of drug-likeness (QED) is 0.472. The number of amides is 1. The van der Waals surface area contributed by atoms with Gasteiger partial charge >= 0.3 is 0 Å². The zero-order chi connectivity index (χ0) is 23.6. The molecule has 1 unspecified atom stereocenters. The van der Waals surface area contributed by atoms with E-state index in [2.05, 4.69) is 31.7 Å². The Morgan fingerprint density at radius 1 is 1.24 bits per heavy atom. The molecular weight excluding hydrogens is 450 g/mol. The Labute approximate surface area is 190 Å². The van der Waals surface area contributed by atoms with E-state index in [9.17, 15) is 22.0 Å². The second-order valence-corrected chi connectivity index (χ2v) is 9.80. The van der Waals surface area contributed by atoms with Gasteiger partial charge in [-0.2, -0.15) is 0 Å². The van der Waals surface area contributed by atoms with Crippen LogP contribution in [0.15, 0.2) is 48.8 Å². The largest absolute Gasteiger partial charge is 0.329 e. The van der Waals surface area contributed by atoms with Gasteiger partial charge in [-0.15, -0.1) is 0 Å². The first-order valence-corrected chi connectivity index (χ1v) is 12.4. The van der Waals surface area contributed by atoms with Crippen LogP contribution in [0.2, 0.25) is 0 Å². The van der Waals surface area contributed by atoms with Crippen molar-refractivity contribution in [3.8, 4) is 0 Å². The highest BCUT2D eigenvalue weighted by atomic mass is 32.2. The van der Waals surface area contributed by atoms with Gasteiger partial charge in [0.25, 0.3) is 5.91 Å². The molecule has 2 aromatic heterocycles. The van der Waals surface area contributed by atoms with Crippen LogP contribution in [0, 0.1) is 11.6 Å². The van der Waals surface area contributed by atoms with Gasteiger partial charge in [-0.1, -0.05) is 19.1 Å². The summed E-state index contributed by atoms with van der Waals surface area (Å²) in [5, 5.41) is 3.24. The molecular formula is C23H24F2N4O3S. The Hall–Kier alpha value is -3.27. The van der Waals surface area contributed by atoms with Crippen molar-refractivity contribution >= 4 is 38.3 Å². The van der Waals surface area contributed by atoms with Crippen molar-refractivity contribution in [2.45, 2.75) is 38.6 Å². The van der Waals surface area contributed by atoms with Crippen LogP contribution < -0.4 is 10.0 Å². The van der Waals surface area contributed by atoms with Gasteiger partial charge in [0.1, 0.15) is 17.0 Å². The number of fused-ring (bicyclic) bond motifs is 1. The number of nitrogens with one attached hydrogen (secondary N) is 2. The maximum absolute atomic E-state index is 14.9. The Bertz CT molecular complexity index is 1330. The van der Waals surface area contributed by atoms with Crippen molar-refractivity contribution in [3.05, 3.63) is 66.0 Å². The maximum atomic E-state index is 14.9. The second kappa shape index (κ2) is 9.30. The van der Waals surface area contributed by atoms with E-state index in [1.165, 1.54) is 6.20 Å². The van der Waals surface area contributed by atoms with E-state index < -0.39 is 38.8 Å². The highest BCUT2D eigenvalue weighted by molar-refractivity contribution is 7.92. The number of rotatable bonds is 7. The topological polar surface area (TPSA) is 93.1 Å². The van der Waals surface area contributed by atoms with Crippen LogP contribution in [0.3, 0.4) is 0 Å². The molecule has 0 bridgehead atoms. The summed E-state index contributed by atoms with van der Waals surface area (Å²) in [7, 11) is -3.81. The summed E-state index contributed by atoms with van der Waals surface area (Å²) in [5.74, 6) is -3.65. The van der Waals surface area contributed by atoms with Gasteiger partial charge in [0.15, 0.2) is 5.82 Å². The zero-order valence-electron chi connectivity index (χ0n) is 18.0. The first kappa shape index (κ1) is 22.9. The minimum Gasteiger partial charge on any atom is -0.329 e. The molecule has 3 aromatic rings. The Morgan fingerprint density at radius 2 is 2.06 bits per heavy atom. The number of benzene rings is 1. The van der Waals surface area contributed by atoms with Crippen molar-refractivity contribution in [3.63, 3.8) is 0 Å². The molecule has 0 radical (unpaired) electrons. The number of aromatic nitrogens is 2. The molecule has 7 nitrogen and oxygen atoms in total. The van der Waals surface area contributed by atoms with E-state index in [0.717, 1.165) is 42.4 Å². The summed E-state index contributed by atoms with van der Waals surface area (Å²) >= 11 is 0. The predicted molar refractivity (Wildman–Crippen MR) is 124 cm³/mol. The number of anilines is 2. The Balaban J connectivity index is 1.58. The summed E-state index contributed by atoms with van der Waals surface area (Å²) in [6, 6.07) is 5.66. The Kier molecular flexibility index (Phi) is 6.46. The number of hydrogen-bond donors (Lipinski definition) is 2. The highest BCUT2D eigenvalue weighted by Gasteiger charge is 2.23. The molecule has 2 heterocycles. The van der Waals surface area contributed by atoms with Gasteiger partial charge in [-0.3, -0.25) is 9.52 Å². The summed E-state index contributed by atoms with van der Waals surface area (Å²) < 4.78 is 57.3. The van der Waals surface area contributed by atoms with Crippen molar-refractivity contribution in [1.29, 1.82) is 0 Å². The molecule has 0 aliphatic heterocycles. The van der Waals surface area contributed by atoms with Gasteiger partial charge in [0, 0.05) is 17.6 Å². The van der Waals surface area contributed by atoms with Crippen LogP contribution >= 0.6 is 0 Å². The van der Waals surface area contributed by atoms with Gasteiger partial charge in [0.05, 0.1) is 23.3 Å². The van der Waals surface area contributed by atoms with Crippen molar-refractivity contribution in [2.24, 2.45) is 0 Å². The van der Waals surface area contributed by atoms with Crippen LogP contribution in [-0.4, -0.2) is 29.6 Å². The summed E-state index contributed by atoms with van der Waals surface area (Å²) in [5.41, 5.74) is -0.330. The van der Waals surface area contributed by atoms with Gasteiger partial charge in [0.2, 0.25) is 10.0 Å². The fourth-order valence-electron chi connectivity index (χ4n) is 3.96. The minimum atomic E-state index is -3.81. The number of halogens is 2. The number of nitrogens with zero attached hydrogens (tertiary/aromatic N) is 2. The third-order valence-corrected chi connectivity index (χ3v) is 6.98. The molecule has 33 heavy (non-hydrogen) atoms. The number of allylic oxidation sites excluding steroid dienone is 2. The molecule has 0 saturated carbocycles. The van der Waals surface area contributed by atoms with Crippen molar-refractivity contribution < 1.29 is 22.0 Å². The van der Waals surface area contributed by atoms with Crippen LogP contribution in [0.25, 0.3) is 11.0 Å². The second-order valence-electron chi connectivity index (χ2n) is 7.96. The van der Waals surface area contributed by atoms with Gasteiger partial charge in [-0.25, -0.2) is 22.2 Å². The summed E-state index contributed by atoms with van der Waals surface area (Å²) in [6.07, 6.45) is 10.9. The third kappa shape index (κ3) is 4.90. The number of carbonyl (C=O) groups excluding carboxylic acids is 1. The average molecular weight is 475 g/mol. The van der Waals surface area contributed by atoms with Gasteiger partial charge in [-0.05, 0) is 49.9 Å². The fraction of sp³-hybridized carbons (Fsp3) is 0.304. The normalized spacial score (nSPS) is 16.2. The highest BCUT2D eigenvalue weighted by Crippen LogP contribution is 2.29. The number of carbonyl (C=O) groups is 1. The Morgan fingerprint density at radius 3 is 2.79 bits per heavy atom. The molecule has 0 spiro atoms. The lowest BCUT2D eigenvalue weighted by Crippen LogP contribution is -2.20. The first-order valence-electron chi connectivity index (χ1n) is 10.7. The number of pyridine rings is 1. The lowest BCUT2D eigenvalue weighted by molar-refractivity contribution is 0.101. The standard InChI is InChI=1S/C23H24F2N4O3S/c1-2-12-33(31,32)28-19-9-8-18(24)20(21(19)25)23(30)27-16-13-15-10-11-29(22(15)26-14-16)17-6-4-3-5-7-17/h3-4,8-11,13-14,17,28H,2,5-7,12H2,1H3,(H,27,30). The molecule has 1 aliphatic carbocycles. The third-order valence-electron chi connectivity index (χ3n) is 5.50. The monoisotopic (exact) mass is 474 g/mol. The molecule has 1 aromatic carbocycles. The number of hydrogen-bond acceptors (Lipinski definition) is 4. The molecule has 174 valence electrons. The van der Waals surface area contributed by atoms with E-state index >= 15 is 0 Å². The van der Waals surface area contributed by atoms with Crippen LogP contribution in [0.5, 0.6) is 0 Å². The molecule has 1 atom stereocenters. The molecule has 4 rings (SSSR count). The van der Waals surface area contributed by atoms with Crippen LogP contribution in [0.4, 0.5) is 20.2 Å². The predicted octanol–water partition coefficient (Wildman–Crippen LogP) is 5.00. The molecule has 0 fully saturated rings. The lowest BCUT2D eigenvalue weighted by Gasteiger charge is -2.20. The van der Waals surface area contributed by atoms with Crippen molar-refractivity contribution in [2.75, 3.05) is 15.8 Å². The van der Waals surface area contributed by atoms with E-state index in [1.807, 2.05) is 12.3 Å². The molecule has 1 aliphatic rings. The first-order chi connectivity index (χ1) is 15.8. The smallest absolute Gasteiger partial charge is 0.261 e. The number of sulfonamides is 1. The summed E-state index contributed by atoms with van der Waals surface area (Å²) in [6.45, 7) is 1.66. The molecule has 1 amide bonds. The van der Waals surface area contributed by atoms with E-state index in [-0.39, 0.29) is 11.4 Å². The van der Waals surface area contributed by atoms with E-state index in [4.69, 9.17) is 0 Å². The van der Waals surface area contributed by atoms with E-state index in [1.54, 1.807) is 13.0 Å². The fourth-order valence-corrected chi connectivity index (χ4v) is 5.09. The van der Waals surface area contributed by atoms with Crippen LogP contribution in [-0.2, 0) is 10.0 Å². The zero-order valence-corrected chi connectivity index (χ0v) is 18.8. The lowest BCUT2D eigenvalue weighted by atomic mass is 10.0. The SMILES string of the molecule is CCCS(=O)(=O)Nc1ccc(F)c(C(=O)Nc2cnc3c(ccn3C3CC=CCC3)c2)c1F. The van der Waals surface area contributed by atoms with Gasteiger partial charge < -0.3 is 9.88 Å². The maximum Gasteiger partial charge on any atom is 0.261 e. The molecule has 0 saturated heterocycles. The summed E-state index contributed by atoms with van der Waals surface area (Å²) in [4.78, 5) is 17.1. The minimum absolute atomic E-state index is 0.228. The van der Waals surface area contributed by atoms with Crippen molar-refractivity contribution in [1.82, 2.24) is 9.55 Å². The van der Waals surface area contributed by atoms with Crippen LogP contribution in [0.1, 0.15) is 49.0 Å². The average Bonchev–Trinajstić information content (AvgIpc) is 3.19. The molecule has 10 heteroatoms.